The molecule has 0 unspecified atom stereocenters. The first-order valence-corrected chi connectivity index (χ1v) is 9.93. The molecule has 0 saturated heterocycles. The second-order valence-electron chi connectivity index (χ2n) is 6.15. The zero-order valence-electron chi connectivity index (χ0n) is 14.4. The summed E-state index contributed by atoms with van der Waals surface area (Å²) in [5.41, 5.74) is 0.734. The summed E-state index contributed by atoms with van der Waals surface area (Å²) in [6, 6.07) is 14.7. The highest BCUT2D eigenvalue weighted by molar-refractivity contribution is 7.14. The first-order valence-electron chi connectivity index (χ1n) is 8.78. The van der Waals surface area contributed by atoms with Gasteiger partial charge in [0.25, 0.3) is 11.5 Å². The van der Waals surface area contributed by atoms with Crippen LogP contribution in [0.1, 0.15) is 36.0 Å². The number of rotatable bonds is 8. The van der Waals surface area contributed by atoms with E-state index in [0.29, 0.717) is 29.1 Å². The molecule has 1 amide bonds. The predicted octanol–water partition coefficient (Wildman–Crippen LogP) is 4.71. The number of carbonyl (C=O) groups is 1. The highest BCUT2D eigenvalue weighted by Gasteiger charge is 2.09. The van der Waals surface area contributed by atoms with Gasteiger partial charge < -0.3 is 5.32 Å². The van der Waals surface area contributed by atoms with E-state index in [9.17, 15) is 9.59 Å². The summed E-state index contributed by atoms with van der Waals surface area (Å²) in [7, 11) is 0. The van der Waals surface area contributed by atoms with Gasteiger partial charge in [0, 0.05) is 18.7 Å². The Labute approximate surface area is 161 Å². The molecule has 0 aliphatic heterocycles. The van der Waals surface area contributed by atoms with E-state index in [1.54, 1.807) is 3.96 Å². The lowest BCUT2D eigenvalue weighted by Gasteiger charge is -2.05. The molecule has 3 aromatic rings. The van der Waals surface area contributed by atoms with Crippen molar-refractivity contribution in [3.8, 4) is 0 Å². The van der Waals surface area contributed by atoms with E-state index < -0.39 is 0 Å². The molecule has 4 nitrogen and oxygen atoms in total. The van der Waals surface area contributed by atoms with Gasteiger partial charge in [-0.15, -0.1) is 0 Å². The van der Waals surface area contributed by atoms with Crippen LogP contribution in [0.15, 0.2) is 53.3 Å². The maximum atomic E-state index is 12.3. The number of fused-ring (bicyclic) bond motifs is 1. The summed E-state index contributed by atoms with van der Waals surface area (Å²) in [5.74, 6) is -0.0284. The van der Waals surface area contributed by atoms with E-state index in [4.69, 9.17) is 11.6 Å². The molecule has 0 fully saturated rings. The minimum Gasteiger partial charge on any atom is -0.352 e. The first kappa shape index (κ1) is 18.7. The fraction of sp³-hybridized carbons (Fsp3) is 0.300. The SMILES string of the molecule is O=C(NCCCCCCn1sc2c(Cl)cccc2c1=O)c1ccccc1. The minimum absolute atomic E-state index is 0.0284. The summed E-state index contributed by atoms with van der Waals surface area (Å²) >= 11 is 7.59. The Morgan fingerprint density at radius 2 is 1.77 bits per heavy atom. The van der Waals surface area contributed by atoms with Gasteiger partial charge in [0.2, 0.25) is 0 Å². The number of aryl methyl sites for hydroxylation is 1. The van der Waals surface area contributed by atoms with E-state index in [-0.39, 0.29) is 11.5 Å². The van der Waals surface area contributed by atoms with Crippen LogP contribution in [0.3, 0.4) is 0 Å². The Kier molecular flexibility index (Phi) is 6.47. The first-order chi connectivity index (χ1) is 12.7. The van der Waals surface area contributed by atoms with E-state index in [2.05, 4.69) is 5.32 Å². The number of unbranched alkanes of at least 4 members (excludes halogenated alkanes) is 3. The molecule has 0 saturated carbocycles. The standard InChI is InChI=1S/C20H21ClN2O2S/c21-17-12-8-11-16-18(17)26-23(20(16)25)14-7-2-1-6-13-22-19(24)15-9-4-3-5-10-15/h3-5,8-12H,1-2,6-7,13-14H2,(H,22,24). The molecule has 26 heavy (non-hydrogen) atoms. The summed E-state index contributed by atoms with van der Waals surface area (Å²) in [5, 5.41) is 4.27. The molecular weight excluding hydrogens is 368 g/mol. The second kappa shape index (κ2) is 9.01. The number of nitrogens with one attached hydrogen (secondary N) is 1. The molecule has 0 radical (unpaired) electrons. The van der Waals surface area contributed by atoms with Crippen molar-refractivity contribution >= 4 is 39.1 Å². The van der Waals surface area contributed by atoms with Gasteiger partial charge in [-0.25, -0.2) is 0 Å². The van der Waals surface area contributed by atoms with Crippen molar-refractivity contribution in [1.29, 1.82) is 0 Å². The quantitative estimate of drug-likeness (QED) is 0.568. The van der Waals surface area contributed by atoms with Crippen molar-refractivity contribution in [3.05, 3.63) is 69.5 Å². The fourth-order valence-corrected chi connectivity index (χ4v) is 4.14. The van der Waals surface area contributed by atoms with Crippen molar-refractivity contribution in [2.45, 2.75) is 32.2 Å². The monoisotopic (exact) mass is 388 g/mol. The van der Waals surface area contributed by atoms with Crippen molar-refractivity contribution in [3.63, 3.8) is 0 Å². The van der Waals surface area contributed by atoms with Crippen LogP contribution in [0.25, 0.3) is 10.1 Å². The molecule has 1 heterocycles. The normalized spacial score (nSPS) is 11.0. The van der Waals surface area contributed by atoms with Crippen LogP contribution in [-0.2, 0) is 6.54 Å². The van der Waals surface area contributed by atoms with Crippen molar-refractivity contribution in [2.24, 2.45) is 0 Å². The molecule has 136 valence electrons. The van der Waals surface area contributed by atoms with Crippen LogP contribution < -0.4 is 10.9 Å². The molecule has 0 atom stereocenters. The van der Waals surface area contributed by atoms with E-state index in [1.807, 2.05) is 48.5 Å². The molecule has 2 aromatic carbocycles. The maximum Gasteiger partial charge on any atom is 0.268 e. The van der Waals surface area contributed by atoms with Crippen molar-refractivity contribution in [1.82, 2.24) is 9.27 Å². The molecule has 3 rings (SSSR count). The number of benzene rings is 2. The molecule has 1 N–H and O–H groups in total. The number of carbonyl (C=O) groups excluding carboxylic acids is 1. The van der Waals surface area contributed by atoms with E-state index >= 15 is 0 Å². The van der Waals surface area contributed by atoms with Crippen LogP contribution in [0.4, 0.5) is 0 Å². The zero-order chi connectivity index (χ0) is 18.4. The lowest BCUT2D eigenvalue weighted by atomic mass is 10.2. The van der Waals surface area contributed by atoms with Crippen LogP contribution in [0, 0.1) is 0 Å². The van der Waals surface area contributed by atoms with Gasteiger partial charge in [-0.1, -0.05) is 60.2 Å². The Bertz CT molecular complexity index is 934. The van der Waals surface area contributed by atoms with Gasteiger partial charge >= 0.3 is 0 Å². The molecular formula is C20H21ClN2O2S. The summed E-state index contributed by atoms with van der Waals surface area (Å²) in [6.07, 6.45) is 3.92. The van der Waals surface area contributed by atoms with Crippen LogP contribution in [0.5, 0.6) is 0 Å². The third-order valence-corrected chi connectivity index (χ3v) is 5.85. The number of aromatic nitrogens is 1. The topological polar surface area (TPSA) is 51.1 Å². The van der Waals surface area contributed by atoms with Crippen LogP contribution in [-0.4, -0.2) is 16.4 Å². The summed E-state index contributed by atoms with van der Waals surface area (Å²) < 4.78 is 2.65. The second-order valence-corrected chi connectivity index (χ2v) is 7.59. The van der Waals surface area contributed by atoms with Crippen molar-refractivity contribution in [2.75, 3.05) is 6.54 Å². The number of halogens is 1. The Morgan fingerprint density at radius 1 is 1.00 bits per heavy atom. The fourth-order valence-electron chi connectivity index (χ4n) is 2.83. The molecule has 0 bridgehead atoms. The lowest BCUT2D eigenvalue weighted by molar-refractivity contribution is 0.0953. The van der Waals surface area contributed by atoms with Gasteiger partial charge in [0.15, 0.2) is 0 Å². The largest absolute Gasteiger partial charge is 0.352 e. The Morgan fingerprint density at radius 3 is 2.54 bits per heavy atom. The van der Waals surface area contributed by atoms with E-state index in [0.717, 1.165) is 30.4 Å². The van der Waals surface area contributed by atoms with Gasteiger partial charge in [0.1, 0.15) is 0 Å². The number of hydrogen-bond acceptors (Lipinski definition) is 3. The lowest BCUT2D eigenvalue weighted by Crippen LogP contribution is -2.24. The smallest absolute Gasteiger partial charge is 0.268 e. The predicted molar refractivity (Wildman–Crippen MR) is 108 cm³/mol. The average Bonchev–Trinajstić information content (AvgIpc) is 2.99. The summed E-state index contributed by atoms with van der Waals surface area (Å²) in [6.45, 7) is 1.39. The molecule has 0 aliphatic carbocycles. The Balaban J connectivity index is 1.37. The molecule has 1 aromatic heterocycles. The van der Waals surface area contributed by atoms with E-state index in [1.165, 1.54) is 11.5 Å². The van der Waals surface area contributed by atoms with Gasteiger partial charge in [0.05, 0.1) is 15.1 Å². The number of hydrogen-bond donors (Lipinski definition) is 1. The maximum absolute atomic E-state index is 12.3. The summed E-state index contributed by atoms with van der Waals surface area (Å²) in [4.78, 5) is 24.2. The molecule has 0 spiro atoms. The van der Waals surface area contributed by atoms with Gasteiger partial charge in [-0.2, -0.15) is 0 Å². The number of amides is 1. The van der Waals surface area contributed by atoms with Gasteiger partial charge in [-0.3, -0.25) is 13.5 Å². The molecule has 6 heteroatoms. The molecule has 0 aliphatic rings. The average molecular weight is 389 g/mol. The van der Waals surface area contributed by atoms with Gasteiger partial charge in [-0.05, 0) is 37.1 Å². The highest BCUT2D eigenvalue weighted by Crippen LogP contribution is 2.25. The van der Waals surface area contributed by atoms with Crippen LogP contribution >= 0.6 is 23.1 Å². The Hall–Kier alpha value is -2.11. The van der Waals surface area contributed by atoms with Crippen molar-refractivity contribution < 1.29 is 4.79 Å². The van der Waals surface area contributed by atoms with Crippen LogP contribution in [0.2, 0.25) is 5.02 Å². The highest BCUT2D eigenvalue weighted by atomic mass is 35.5. The zero-order valence-corrected chi connectivity index (χ0v) is 16.0. The third kappa shape index (κ3) is 4.54. The number of nitrogens with zero attached hydrogens (tertiary/aromatic N) is 1. The third-order valence-electron chi connectivity index (χ3n) is 4.23. The minimum atomic E-state index is -0.0284.